The number of ether oxygens (including phenoxy) is 1. The summed E-state index contributed by atoms with van der Waals surface area (Å²) < 4.78 is 30.2. The van der Waals surface area contributed by atoms with Gasteiger partial charge in [0.1, 0.15) is 0 Å². The number of hydrogen-bond donors (Lipinski definition) is 1. The van der Waals surface area contributed by atoms with E-state index < -0.39 is 10.0 Å². The van der Waals surface area contributed by atoms with E-state index in [9.17, 15) is 8.42 Å². The van der Waals surface area contributed by atoms with Gasteiger partial charge in [0.15, 0.2) is 0 Å². The van der Waals surface area contributed by atoms with Gasteiger partial charge >= 0.3 is 0 Å². The van der Waals surface area contributed by atoms with Crippen LogP contribution in [0.5, 0.6) is 0 Å². The summed E-state index contributed by atoms with van der Waals surface area (Å²) in [4.78, 5) is 0. The number of nitrogens with two attached hydrogens (primary N) is 1. The zero-order valence-electron chi connectivity index (χ0n) is 8.05. The molecule has 1 atom stereocenters. The number of hydrogen-bond acceptors (Lipinski definition) is 4. The van der Waals surface area contributed by atoms with E-state index in [1.807, 2.05) is 0 Å². The first kappa shape index (κ1) is 10.4. The Morgan fingerprint density at radius 1 is 1.43 bits per heavy atom. The van der Waals surface area contributed by atoms with Crippen LogP contribution in [0.3, 0.4) is 0 Å². The Kier molecular flexibility index (Phi) is 2.79. The Hall–Kier alpha value is -0.170. The van der Waals surface area contributed by atoms with Crippen LogP contribution < -0.4 is 5.73 Å². The predicted molar refractivity (Wildman–Crippen MR) is 52.3 cm³/mol. The lowest BCUT2D eigenvalue weighted by atomic mass is 10.2. The van der Waals surface area contributed by atoms with E-state index in [2.05, 4.69) is 0 Å². The van der Waals surface area contributed by atoms with Gasteiger partial charge in [-0.2, -0.15) is 4.31 Å². The molecule has 0 aromatic rings. The summed E-state index contributed by atoms with van der Waals surface area (Å²) >= 11 is 0. The van der Waals surface area contributed by atoms with Crippen molar-refractivity contribution in [1.29, 1.82) is 0 Å². The molecule has 2 saturated heterocycles. The van der Waals surface area contributed by atoms with Crippen LogP contribution in [0.4, 0.5) is 0 Å². The van der Waals surface area contributed by atoms with Crippen LogP contribution >= 0.6 is 0 Å². The van der Waals surface area contributed by atoms with Crippen LogP contribution in [0.15, 0.2) is 0 Å². The van der Waals surface area contributed by atoms with Crippen molar-refractivity contribution < 1.29 is 13.2 Å². The maximum atomic E-state index is 11.7. The number of rotatable bonds is 3. The monoisotopic (exact) mass is 220 g/mol. The molecule has 2 aliphatic rings. The second-order valence-electron chi connectivity index (χ2n) is 3.99. The predicted octanol–water partition coefficient (Wildman–Crippen LogP) is -0.862. The molecule has 0 radical (unpaired) electrons. The second-order valence-corrected chi connectivity index (χ2v) is 6.00. The van der Waals surface area contributed by atoms with Crippen LogP contribution in [0, 0.1) is 0 Å². The first-order valence-corrected chi connectivity index (χ1v) is 6.54. The molecule has 82 valence electrons. The highest BCUT2D eigenvalue weighted by Crippen LogP contribution is 2.18. The van der Waals surface area contributed by atoms with Gasteiger partial charge < -0.3 is 10.5 Å². The van der Waals surface area contributed by atoms with Crippen molar-refractivity contribution in [2.45, 2.75) is 25.0 Å². The average molecular weight is 220 g/mol. The van der Waals surface area contributed by atoms with Crippen LogP contribution in [0.2, 0.25) is 0 Å². The van der Waals surface area contributed by atoms with Gasteiger partial charge in [-0.25, -0.2) is 8.42 Å². The summed E-state index contributed by atoms with van der Waals surface area (Å²) in [7, 11) is -3.11. The Labute approximate surface area is 84.3 Å². The third kappa shape index (κ3) is 2.08. The molecule has 5 nitrogen and oxygen atoms in total. The van der Waals surface area contributed by atoms with E-state index >= 15 is 0 Å². The summed E-state index contributed by atoms with van der Waals surface area (Å²) in [5, 5.41) is 0. The molecule has 6 heteroatoms. The first-order valence-electron chi connectivity index (χ1n) is 4.93. The Morgan fingerprint density at radius 3 is 2.64 bits per heavy atom. The molecule has 2 heterocycles. The molecular weight excluding hydrogens is 204 g/mol. The van der Waals surface area contributed by atoms with E-state index in [-0.39, 0.29) is 17.9 Å². The van der Waals surface area contributed by atoms with Crippen molar-refractivity contribution >= 4 is 10.0 Å². The molecule has 0 aromatic carbocycles. The molecular formula is C8H16N2O3S. The van der Waals surface area contributed by atoms with E-state index in [1.165, 1.54) is 4.31 Å². The van der Waals surface area contributed by atoms with Gasteiger partial charge in [-0.15, -0.1) is 0 Å². The summed E-state index contributed by atoms with van der Waals surface area (Å²) in [6, 6.07) is 0.0225. The summed E-state index contributed by atoms with van der Waals surface area (Å²) in [6.07, 6.45) is 1.73. The maximum Gasteiger partial charge on any atom is 0.216 e. The van der Waals surface area contributed by atoms with Gasteiger partial charge in [0, 0.05) is 25.7 Å². The molecule has 2 N–H and O–H groups in total. The summed E-state index contributed by atoms with van der Waals surface area (Å²) in [6.45, 7) is 1.63. The lowest BCUT2D eigenvalue weighted by Crippen LogP contribution is -2.58. The van der Waals surface area contributed by atoms with Crippen LogP contribution in [0.1, 0.15) is 12.8 Å². The fourth-order valence-electron chi connectivity index (χ4n) is 1.81. The minimum Gasteiger partial charge on any atom is -0.377 e. The normalized spacial score (nSPS) is 30.5. The molecule has 2 aliphatic heterocycles. The Balaban J connectivity index is 1.89. The van der Waals surface area contributed by atoms with E-state index in [1.54, 1.807) is 0 Å². The molecule has 0 aromatic heterocycles. The molecule has 1 unspecified atom stereocenters. The quantitative estimate of drug-likeness (QED) is 0.671. The van der Waals surface area contributed by atoms with Crippen molar-refractivity contribution in [2.24, 2.45) is 5.73 Å². The standard InChI is InChI=1S/C8H16N2O3S/c9-7-4-10(5-7)14(11,12)6-8-2-1-3-13-8/h7-8H,1-6,9H2. The molecule has 2 rings (SSSR count). The highest BCUT2D eigenvalue weighted by molar-refractivity contribution is 7.89. The van der Waals surface area contributed by atoms with E-state index in [4.69, 9.17) is 10.5 Å². The lowest BCUT2D eigenvalue weighted by Gasteiger charge is -2.36. The van der Waals surface area contributed by atoms with Crippen molar-refractivity contribution in [3.8, 4) is 0 Å². The fourth-order valence-corrected chi connectivity index (χ4v) is 3.59. The summed E-state index contributed by atoms with van der Waals surface area (Å²) in [5.41, 5.74) is 5.54. The summed E-state index contributed by atoms with van der Waals surface area (Å²) in [5.74, 6) is 0.125. The fraction of sp³-hybridized carbons (Fsp3) is 1.00. The van der Waals surface area contributed by atoms with Gasteiger partial charge in [0.2, 0.25) is 10.0 Å². The van der Waals surface area contributed by atoms with Crippen molar-refractivity contribution in [2.75, 3.05) is 25.4 Å². The molecule has 0 saturated carbocycles. The highest BCUT2D eigenvalue weighted by atomic mass is 32.2. The minimum absolute atomic E-state index is 0.0225. The SMILES string of the molecule is NC1CN(S(=O)(=O)CC2CCCO2)C1. The molecule has 2 fully saturated rings. The smallest absolute Gasteiger partial charge is 0.216 e. The van der Waals surface area contributed by atoms with E-state index in [0.29, 0.717) is 19.7 Å². The van der Waals surface area contributed by atoms with Crippen LogP contribution in [-0.4, -0.2) is 50.3 Å². The minimum atomic E-state index is -3.11. The zero-order valence-corrected chi connectivity index (χ0v) is 8.87. The zero-order chi connectivity index (χ0) is 10.2. The van der Waals surface area contributed by atoms with Gasteiger partial charge in [-0.3, -0.25) is 0 Å². The number of sulfonamides is 1. The molecule has 0 bridgehead atoms. The van der Waals surface area contributed by atoms with Crippen molar-refractivity contribution in [1.82, 2.24) is 4.31 Å². The van der Waals surface area contributed by atoms with E-state index in [0.717, 1.165) is 12.8 Å². The number of nitrogens with zero attached hydrogens (tertiary/aromatic N) is 1. The van der Waals surface area contributed by atoms with Gasteiger partial charge in [0.25, 0.3) is 0 Å². The largest absolute Gasteiger partial charge is 0.377 e. The van der Waals surface area contributed by atoms with Crippen molar-refractivity contribution in [3.05, 3.63) is 0 Å². The Bertz CT molecular complexity index is 292. The maximum absolute atomic E-state index is 11.7. The average Bonchev–Trinajstić information content (AvgIpc) is 2.50. The van der Waals surface area contributed by atoms with Crippen LogP contribution in [0.25, 0.3) is 0 Å². The van der Waals surface area contributed by atoms with Crippen molar-refractivity contribution in [3.63, 3.8) is 0 Å². The third-order valence-electron chi connectivity index (χ3n) is 2.69. The van der Waals surface area contributed by atoms with Gasteiger partial charge in [-0.05, 0) is 12.8 Å². The lowest BCUT2D eigenvalue weighted by molar-refractivity contribution is 0.125. The van der Waals surface area contributed by atoms with Gasteiger partial charge in [0.05, 0.1) is 11.9 Å². The topological polar surface area (TPSA) is 72.6 Å². The first-order chi connectivity index (χ1) is 6.58. The highest BCUT2D eigenvalue weighted by Gasteiger charge is 2.35. The third-order valence-corrected chi connectivity index (χ3v) is 4.57. The molecule has 0 aliphatic carbocycles. The second kappa shape index (κ2) is 3.77. The van der Waals surface area contributed by atoms with Gasteiger partial charge in [-0.1, -0.05) is 0 Å². The Morgan fingerprint density at radius 2 is 2.14 bits per heavy atom. The molecule has 0 spiro atoms. The van der Waals surface area contributed by atoms with Crippen LogP contribution in [-0.2, 0) is 14.8 Å². The molecule has 0 amide bonds. The molecule has 14 heavy (non-hydrogen) atoms.